The molecule has 2 amide bonds. The Morgan fingerprint density at radius 2 is 1.82 bits per heavy atom. The molecule has 1 aromatic carbocycles. The summed E-state index contributed by atoms with van der Waals surface area (Å²) in [7, 11) is -3.03. The number of rotatable bonds is 15. The largest absolute Gasteiger partial charge is 0.542 e. The Morgan fingerprint density at radius 3 is 2.29 bits per heavy atom. The number of oxime groups is 1. The number of amides is 2. The number of nitrogen functional groups attached to an aromatic ring is 1. The summed E-state index contributed by atoms with van der Waals surface area (Å²) in [6.45, 7) is 7.65. The first-order valence-electron chi connectivity index (χ1n) is 15.7. The lowest BCUT2D eigenvalue weighted by Gasteiger charge is -2.50. The molecule has 55 heavy (non-hydrogen) atoms. The lowest BCUT2D eigenvalue weighted by atomic mass is 9.84. The van der Waals surface area contributed by atoms with Gasteiger partial charge >= 0.3 is 22.5 Å². The van der Waals surface area contributed by atoms with E-state index in [0.29, 0.717) is 17.4 Å². The summed E-state index contributed by atoms with van der Waals surface area (Å²) in [6.07, 6.45) is -6.04. The van der Waals surface area contributed by atoms with Crippen LogP contribution in [0.25, 0.3) is 11.1 Å². The number of hydrogen-bond donors (Lipinski definition) is 5. The van der Waals surface area contributed by atoms with Gasteiger partial charge in [0.1, 0.15) is 30.1 Å². The predicted molar refractivity (Wildman–Crippen MR) is 182 cm³/mol. The Hall–Kier alpha value is -5.37. The molecule has 2 atom stereocenters. The molecule has 3 heterocycles. The van der Waals surface area contributed by atoms with Crippen molar-refractivity contribution in [2.45, 2.75) is 64.5 Å². The van der Waals surface area contributed by atoms with Crippen molar-refractivity contribution in [1.29, 1.82) is 0 Å². The third-order valence-corrected chi connectivity index (χ3v) is 8.97. The number of nitrogens with one attached hydrogen (secondary N) is 1. The molecular formula is C30H37F3N8O12S2. The molecule has 302 valence electrons. The number of anilines is 1. The van der Waals surface area contributed by atoms with Crippen LogP contribution in [0.1, 0.15) is 37.4 Å². The van der Waals surface area contributed by atoms with Crippen LogP contribution in [0.5, 0.6) is 5.75 Å². The van der Waals surface area contributed by atoms with Crippen molar-refractivity contribution in [3.63, 3.8) is 0 Å². The fourth-order valence-electron chi connectivity index (χ4n) is 5.11. The number of aliphatic carboxylic acids is 2. The Bertz CT molecular complexity index is 2050. The highest BCUT2D eigenvalue weighted by Crippen LogP contribution is 2.33. The minimum atomic E-state index is -5.19. The van der Waals surface area contributed by atoms with E-state index in [0.717, 1.165) is 46.8 Å². The number of nitrogens with zero attached hydrogens (tertiary/aromatic N) is 5. The smallest absolute Gasteiger partial charge is 0.430 e. The SMILES string of the molecule is Cc1c(-c2ccc(OCC(O/N=C(\C(=O)N[C@@H]3C(=O)N(OS(=O)(=O)O)C3(C)C)c3csc(N)n3)C(=O)O)cc2)c(C)[n+](C)n1CCCN.O=C([O-])C(F)(F)F. The van der Waals surface area contributed by atoms with Gasteiger partial charge in [-0.05, 0) is 51.4 Å². The van der Waals surface area contributed by atoms with E-state index in [1.54, 1.807) is 12.1 Å². The number of nitrogens with two attached hydrogens (primary N) is 2. The molecule has 20 nitrogen and oxygen atoms in total. The van der Waals surface area contributed by atoms with Gasteiger partial charge in [0.2, 0.25) is 5.69 Å². The van der Waals surface area contributed by atoms with E-state index in [-0.39, 0.29) is 10.8 Å². The van der Waals surface area contributed by atoms with E-state index < -0.39 is 70.3 Å². The summed E-state index contributed by atoms with van der Waals surface area (Å²) in [4.78, 5) is 55.8. The highest BCUT2D eigenvalue weighted by atomic mass is 32.3. The number of halogens is 3. The Labute approximate surface area is 314 Å². The van der Waals surface area contributed by atoms with E-state index in [2.05, 4.69) is 29.1 Å². The molecule has 3 aromatic rings. The summed E-state index contributed by atoms with van der Waals surface area (Å²) in [6, 6.07) is 5.77. The zero-order chi connectivity index (χ0) is 41.6. The topological polar surface area (TPSA) is 295 Å². The van der Waals surface area contributed by atoms with Crippen molar-refractivity contribution in [3.05, 3.63) is 46.7 Å². The van der Waals surface area contributed by atoms with Crippen LogP contribution < -0.4 is 31.3 Å². The van der Waals surface area contributed by atoms with Crippen molar-refractivity contribution in [2.75, 3.05) is 18.9 Å². The Balaban J connectivity index is 0.00000106. The van der Waals surface area contributed by atoms with Crippen LogP contribution in [-0.4, -0.2) is 99.3 Å². The normalized spacial score (nSPS) is 16.0. The highest BCUT2D eigenvalue weighted by molar-refractivity contribution is 7.80. The number of thiazole rings is 1. The number of hydroxylamine groups is 2. The van der Waals surface area contributed by atoms with Gasteiger partial charge in [0.05, 0.1) is 23.3 Å². The molecule has 1 aliphatic heterocycles. The number of β-lactam (4-membered cyclic amide) rings is 1. The van der Waals surface area contributed by atoms with Crippen LogP contribution in [0.15, 0.2) is 34.8 Å². The lowest BCUT2D eigenvalue weighted by molar-refractivity contribution is -0.759. The number of carbonyl (C=O) groups excluding carboxylic acids is 3. The van der Waals surface area contributed by atoms with Crippen LogP contribution >= 0.6 is 11.3 Å². The molecule has 1 fully saturated rings. The molecule has 0 aliphatic carbocycles. The van der Waals surface area contributed by atoms with Crippen LogP contribution in [0.4, 0.5) is 18.3 Å². The maximum atomic E-state index is 13.2. The van der Waals surface area contributed by atoms with Crippen LogP contribution in [0.2, 0.25) is 0 Å². The predicted octanol–water partition coefficient (Wildman–Crippen LogP) is -0.625. The first kappa shape index (κ1) is 44.0. The van der Waals surface area contributed by atoms with E-state index >= 15 is 0 Å². The molecule has 25 heteroatoms. The van der Waals surface area contributed by atoms with E-state index in [1.165, 1.54) is 19.2 Å². The second-order valence-corrected chi connectivity index (χ2v) is 14.0. The van der Waals surface area contributed by atoms with Gasteiger partial charge in [-0.25, -0.2) is 9.78 Å². The first-order chi connectivity index (χ1) is 25.4. The number of carboxylic acids is 2. The number of benzene rings is 1. The molecule has 0 radical (unpaired) electrons. The summed E-state index contributed by atoms with van der Waals surface area (Å²) in [5.41, 5.74) is 13.5. The summed E-state index contributed by atoms with van der Waals surface area (Å²) >= 11 is 0.962. The van der Waals surface area contributed by atoms with Crippen molar-refractivity contribution < 1.29 is 74.1 Å². The third-order valence-electron chi connectivity index (χ3n) is 7.96. The molecule has 0 saturated carbocycles. The van der Waals surface area contributed by atoms with Crippen molar-refractivity contribution >= 4 is 56.3 Å². The second kappa shape index (κ2) is 17.4. The minimum Gasteiger partial charge on any atom is -0.542 e. The number of carboxylic acid groups (broad SMARTS) is 2. The maximum absolute atomic E-state index is 13.2. The van der Waals surface area contributed by atoms with Crippen LogP contribution in [0.3, 0.4) is 0 Å². The lowest BCUT2D eigenvalue weighted by Crippen LogP contribution is -2.76. The van der Waals surface area contributed by atoms with Crippen molar-refractivity contribution in [2.24, 2.45) is 17.9 Å². The fraction of sp³-hybridized carbons (Fsp3) is 0.433. The fourth-order valence-corrected chi connectivity index (χ4v) is 6.11. The molecular weight excluding hydrogens is 786 g/mol. The van der Waals surface area contributed by atoms with Gasteiger partial charge < -0.3 is 41.4 Å². The van der Waals surface area contributed by atoms with Gasteiger partial charge in [-0.1, -0.05) is 17.3 Å². The standard InChI is InChI=1S/C28H36N8O10S2.C2HF3O2/c1-15-21(16(2)35(34(15)5)12-6-11-29)17-7-9-18(10-8-17)44-13-20(26(39)40)45-33-22(19-14-47-27(30)31-19)24(37)32-23-25(38)36(28(23,3)4)46-48(41,42)43;3-2(4,5)1(6)7/h7-10,14,20,23H,6,11-13,29H2,1-5H3,(H4-,30,31,32,37,39,40,41,42,43);(H,6,7)/b33-22-;/t20?,23-;/m1./s1. The second-order valence-electron chi connectivity index (χ2n) is 12.1. The zero-order valence-electron chi connectivity index (χ0n) is 29.7. The van der Waals surface area contributed by atoms with Gasteiger partial charge in [0, 0.05) is 12.3 Å². The summed E-state index contributed by atoms with van der Waals surface area (Å²) < 4.78 is 76.9. The average Bonchev–Trinajstić information content (AvgIpc) is 3.61. The summed E-state index contributed by atoms with van der Waals surface area (Å²) in [5, 5.41) is 26.5. The summed E-state index contributed by atoms with van der Waals surface area (Å²) in [5.74, 6) is -6.11. The Morgan fingerprint density at radius 1 is 1.22 bits per heavy atom. The minimum absolute atomic E-state index is 0.0612. The molecule has 0 bridgehead atoms. The number of aromatic nitrogens is 3. The van der Waals surface area contributed by atoms with Crippen molar-refractivity contribution in [3.8, 4) is 16.9 Å². The van der Waals surface area contributed by atoms with Gasteiger partial charge in [-0.2, -0.15) is 31.3 Å². The average molecular weight is 823 g/mol. The number of ether oxygens (including phenoxy) is 1. The van der Waals surface area contributed by atoms with Crippen molar-refractivity contribution in [1.82, 2.24) is 20.0 Å². The van der Waals surface area contributed by atoms with Crippen LogP contribution in [0, 0.1) is 13.8 Å². The number of carbonyl (C=O) groups is 4. The molecule has 1 saturated heterocycles. The maximum Gasteiger partial charge on any atom is 0.430 e. The Kier molecular flexibility index (Phi) is 13.9. The van der Waals surface area contributed by atoms with Gasteiger partial charge in [-0.3, -0.25) is 14.1 Å². The molecule has 0 spiro atoms. The molecule has 2 aromatic heterocycles. The van der Waals surface area contributed by atoms with Gasteiger partial charge in [-0.15, -0.1) is 20.3 Å². The molecule has 1 aliphatic rings. The van der Waals surface area contributed by atoms with E-state index in [1.807, 2.05) is 33.0 Å². The van der Waals surface area contributed by atoms with E-state index in [9.17, 15) is 41.1 Å². The zero-order valence-corrected chi connectivity index (χ0v) is 31.3. The molecule has 7 N–H and O–H groups in total. The third kappa shape index (κ3) is 10.9. The number of hydrogen-bond acceptors (Lipinski definition) is 15. The van der Waals surface area contributed by atoms with Gasteiger partial charge in [0.25, 0.3) is 17.9 Å². The van der Waals surface area contributed by atoms with Crippen LogP contribution in [-0.2, 0) is 52.3 Å². The number of alkyl halides is 3. The van der Waals surface area contributed by atoms with E-state index in [4.69, 9.17) is 35.5 Å². The monoisotopic (exact) mass is 822 g/mol. The molecule has 1 unspecified atom stereocenters. The van der Waals surface area contributed by atoms with Gasteiger partial charge in [0.15, 0.2) is 17.9 Å². The highest BCUT2D eigenvalue weighted by Gasteiger charge is 2.58. The molecule has 4 rings (SSSR count). The quantitative estimate of drug-likeness (QED) is 0.0420. The first-order valence-corrected chi connectivity index (χ1v) is 17.9.